The van der Waals surface area contributed by atoms with Crippen molar-refractivity contribution in [2.24, 2.45) is 0 Å². The van der Waals surface area contributed by atoms with Gasteiger partial charge in [0.1, 0.15) is 17.1 Å². The number of aliphatic carboxylic acids is 1. The molecular formula is C33H38N2O5. The molecule has 2 unspecified atom stereocenters. The van der Waals surface area contributed by atoms with Crippen LogP contribution in [0.5, 0.6) is 0 Å². The number of rotatable bonds is 9. The standard InChI is InChI=1S/C33H38N2O5/c1-32(2,3)40-31(39)34-28(22-24-14-7-4-8-15-24)29(36)35-21-13-20-27(35)23-33(30(37)38,25-16-9-5-10-17-25)26-18-11-6-12-19-26/h4-12,14-19,27-28H,13,20-23H2,1-3H3,(H,34,39)(H,37,38). The third kappa shape index (κ3) is 6.71. The van der Waals surface area contributed by atoms with Crippen molar-refractivity contribution in [1.29, 1.82) is 0 Å². The van der Waals surface area contributed by atoms with Crippen molar-refractivity contribution in [1.82, 2.24) is 10.2 Å². The lowest BCUT2D eigenvalue weighted by atomic mass is 9.70. The highest BCUT2D eigenvalue weighted by Crippen LogP contribution is 2.40. The van der Waals surface area contributed by atoms with Crippen molar-refractivity contribution in [3.8, 4) is 0 Å². The Morgan fingerprint density at radius 1 is 0.900 bits per heavy atom. The number of carbonyl (C=O) groups is 3. The maximum absolute atomic E-state index is 14.1. The van der Waals surface area contributed by atoms with Crippen LogP contribution in [0.3, 0.4) is 0 Å². The molecule has 40 heavy (non-hydrogen) atoms. The van der Waals surface area contributed by atoms with Crippen molar-refractivity contribution >= 4 is 18.0 Å². The first-order valence-electron chi connectivity index (χ1n) is 13.8. The van der Waals surface area contributed by atoms with E-state index in [4.69, 9.17) is 4.74 Å². The minimum absolute atomic E-state index is 0.215. The molecule has 2 N–H and O–H groups in total. The summed E-state index contributed by atoms with van der Waals surface area (Å²) >= 11 is 0. The van der Waals surface area contributed by atoms with Crippen LogP contribution in [0, 0.1) is 0 Å². The molecule has 0 bridgehead atoms. The van der Waals surface area contributed by atoms with E-state index < -0.39 is 29.1 Å². The van der Waals surface area contributed by atoms with Gasteiger partial charge in [-0.1, -0.05) is 91.0 Å². The van der Waals surface area contributed by atoms with Crippen LogP contribution in [-0.4, -0.2) is 52.2 Å². The first-order chi connectivity index (χ1) is 19.1. The van der Waals surface area contributed by atoms with E-state index in [1.165, 1.54) is 0 Å². The van der Waals surface area contributed by atoms with E-state index in [2.05, 4.69) is 5.32 Å². The lowest BCUT2D eigenvalue weighted by Crippen LogP contribution is -2.53. The maximum Gasteiger partial charge on any atom is 0.408 e. The minimum Gasteiger partial charge on any atom is -0.480 e. The molecule has 7 heteroatoms. The molecule has 0 saturated carbocycles. The van der Waals surface area contributed by atoms with Crippen LogP contribution in [0.4, 0.5) is 4.79 Å². The van der Waals surface area contributed by atoms with Gasteiger partial charge in [-0.3, -0.25) is 9.59 Å². The molecule has 4 rings (SSSR count). The van der Waals surface area contributed by atoms with Gasteiger partial charge in [0.15, 0.2) is 0 Å². The van der Waals surface area contributed by atoms with Crippen molar-refractivity contribution in [3.63, 3.8) is 0 Å². The molecule has 0 aliphatic carbocycles. The van der Waals surface area contributed by atoms with Crippen LogP contribution in [0.15, 0.2) is 91.0 Å². The Balaban J connectivity index is 1.67. The predicted molar refractivity (Wildman–Crippen MR) is 154 cm³/mol. The van der Waals surface area contributed by atoms with Gasteiger partial charge in [-0.15, -0.1) is 0 Å². The normalized spacial score (nSPS) is 16.3. The molecule has 0 radical (unpaired) electrons. The molecule has 7 nitrogen and oxygen atoms in total. The van der Waals surface area contributed by atoms with Crippen molar-refractivity contribution in [2.45, 2.75) is 69.6 Å². The molecule has 1 aliphatic rings. The molecule has 0 spiro atoms. The Kier molecular flexibility index (Phi) is 8.93. The number of nitrogens with zero attached hydrogens (tertiary/aromatic N) is 1. The zero-order valence-corrected chi connectivity index (χ0v) is 23.4. The third-order valence-electron chi connectivity index (χ3n) is 7.37. The van der Waals surface area contributed by atoms with Crippen molar-refractivity contribution < 1.29 is 24.2 Å². The number of ether oxygens (including phenoxy) is 1. The average molecular weight is 543 g/mol. The fraction of sp³-hybridized carbons (Fsp3) is 0.364. The fourth-order valence-electron chi connectivity index (χ4n) is 5.57. The minimum atomic E-state index is -1.34. The lowest BCUT2D eigenvalue weighted by Gasteiger charge is -2.37. The summed E-state index contributed by atoms with van der Waals surface area (Å²) in [5.41, 5.74) is 0.180. The summed E-state index contributed by atoms with van der Waals surface area (Å²) in [6, 6.07) is 26.8. The molecule has 3 aromatic rings. The van der Waals surface area contributed by atoms with Gasteiger partial charge in [-0.25, -0.2) is 4.79 Å². The predicted octanol–water partition coefficient (Wildman–Crippen LogP) is 5.57. The summed E-state index contributed by atoms with van der Waals surface area (Å²) in [7, 11) is 0. The first-order valence-corrected chi connectivity index (χ1v) is 13.8. The molecule has 2 atom stereocenters. The van der Waals surface area contributed by atoms with E-state index in [9.17, 15) is 19.5 Å². The number of carboxylic acids is 1. The monoisotopic (exact) mass is 542 g/mol. The second kappa shape index (κ2) is 12.4. The van der Waals surface area contributed by atoms with Gasteiger partial charge in [0, 0.05) is 19.0 Å². The number of carbonyl (C=O) groups excluding carboxylic acids is 2. The van der Waals surface area contributed by atoms with Crippen LogP contribution in [0.1, 0.15) is 56.7 Å². The van der Waals surface area contributed by atoms with Crippen molar-refractivity contribution in [2.75, 3.05) is 6.54 Å². The molecule has 210 valence electrons. The Labute approximate surface area is 236 Å². The SMILES string of the molecule is CC(C)(C)OC(=O)NC(Cc1ccccc1)C(=O)N1CCCC1CC(C(=O)O)(c1ccccc1)c1ccccc1. The molecule has 2 amide bonds. The summed E-state index contributed by atoms with van der Waals surface area (Å²) in [5.74, 6) is -1.20. The van der Waals surface area contributed by atoms with Crippen LogP contribution in [0.2, 0.25) is 0 Å². The van der Waals surface area contributed by atoms with E-state index in [0.717, 1.165) is 12.0 Å². The molecule has 1 saturated heterocycles. The van der Waals surface area contributed by atoms with E-state index in [-0.39, 0.29) is 18.4 Å². The highest BCUT2D eigenvalue weighted by atomic mass is 16.6. The number of benzene rings is 3. The Bertz CT molecular complexity index is 1250. The smallest absolute Gasteiger partial charge is 0.408 e. The number of likely N-dealkylation sites (tertiary alicyclic amines) is 1. The third-order valence-corrected chi connectivity index (χ3v) is 7.37. The van der Waals surface area contributed by atoms with E-state index in [0.29, 0.717) is 30.5 Å². The second-order valence-corrected chi connectivity index (χ2v) is 11.4. The molecular weight excluding hydrogens is 504 g/mol. The first kappa shape index (κ1) is 28.9. The molecule has 1 heterocycles. The van der Waals surface area contributed by atoms with Gasteiger partial charge in [0.05, 0.1) is 0 Å². The second-order valence-electron chi connectivity index (χ2n) is 11.4. The zero-order chi connectivity index (χ0) is 28.8. The number of hydrogen-bond acceptors (Lipinski definition) is 4. The van der Waals surface area contributed by atoms with Gasteiger partial charge in [-0.2, -0.15) is 0 Å². The summed E-state index contributed by atoms with van der Waals surface area (Å²) in [6.07, 6.45) is 1.27. The lowest BCUT2D eigenvalue weighted by molar-refractivity contribution is -0.144. The summed E-state index contributed by atoms with van der Waals surface area (Å²) in [6.45, 7) is 5.81. The van der Waals surface area contributed by atoms with Gasteiger partial charge < -0.3 is 20.1 Å². The number of hydrogen-bond donors (Lipinski definition) is 2. The van der Waals surface area contributed by atoms with Gasteiger partial charge in [0.25, 0.3) is 0 Å². The zero-order valence-electron chi connectivity index (χ0n) is 23.4. The molecule has 3 aromatic carbocycles. The van der Waals surface area contributed by atoms with Gasteiger partial charge >= 0.3 is 12.1 Å². The van der Waals surface area contributed by atoms with Crippen LogP contribution in [0.25, 0.3) is 0 Å². The van der Waals surface area contributed by atoms with Crippen LogP contribution < -0.4 is 5.32 Å². The Morgan fingerprint density at radius 3 is 1.93 bits per heavy atom. The number of nitrogens with one attached hydrogen (secondary N) is 1. The maximum atomic E-state index is 14.1. The molecule has 0 aromatic heterocycles. The summed E-state index contributed by atoms with van der Waals surface area (Å²) < 4.78 is 5.47. The summed E-state index contributed by atoms with van der Waals surface area (Å²) in [4.78, 5) is 41.8. The van der Waals surface area contributed by atoms with Crippen molar-refractivity contribution in [3.05, 3.63) is 108 Å². The molecule has 1 fully saturated rings. The highest BCUT2D eigenvalue weighted by Gasteiger charge is 2.47. The van der Waals surface area contributed by atoms with Crippen LogP contribution >= 0.6 is 0 Å². The summed E-state index contributed by atoms with van der Waals surface area (Å²) in [5, 5.41) is 13.6. The van der Waals surface area contributed by atoms with Gasteiger partial charge in [-0.05, 0) is 56.7 Å². The Hall–Kier alpha value is -4.13. The van der Waals surface area contributed by atoms with Crippen LogP contribution in [-0.2, 0) is 26.2 Å². The van der Waals surface area contributed by atoms with E-state index in [1.807, 2.05) is 91.0 Å². The number of alkyl carbamates (subject to hydrolysis) is 1. The number of amides is 2. The van der Waals surface area contributed by atoms with E-state index in [1.54, 1.807) is 25.7 Å². The van der Waals surface area contributed by atoms with Gasteiger partial charge in [0.2, 0.25) is 5.91 Å². The number of carboxylic acid groups (broad SMARTS) is 1. The topological polar surface area (TPSA) is 95.9 Å². The fourth-order valence-corrected chi connectivity index (χ4v) is 5.57. The highest BCUT2D eigenvalue weighted by molar-refractivity contribution is 5.88. The average Bonchev–Trinajstić information content (AvgIpc) is 3.39. The largest absolute Gasteiger partial charge is 0.480 e. The quantitative estimate of drug-likeness (QED) is 0.368. The Morgan fingerprint density at radius 2 is 1.43 bits per heavy atom. The van der Waals surface area contributed by atoms with E-state index >= 15 is 0 Å². The molecule has 1 aliphatic heterocycles.